The van der Waals surface area contributed by atoms with E-state index in [1.807, 2.05) is 6.92 Å². The van der Waals surface area contributed by atoms with Gasteiger partial charge in [-0.3, -0.25) is 9.59 Å². The quantitative estimate of drug-likeness (QED) is 0.743. The van der Waals surface area contributed by atoms with Crippen LogP contribution in [0.25, 0.3) is 0 Å². The molecule has 0 saturated carbocycles. The first-order valence-corrected chi connectivity index (χ1v) is 5.62. The SMILES string of the molecule is CCC(CNc1ccc(C(C)=O)cc1)C(=O)O. The van der Waals surface area contributed by atoms with Crippen molar-refractivity contribution in [1.82, 2.24) is 0 Å². The number of hydrogen-bond acceptors (Lipinski definition) is 3. The zero-order valence-electron chi connectivity index (χ0n) is 10.1. The molecule has 0 spiro atoms. The number of hydrogen-bond donors (Lipinski definition) is 2. The zero-order chi connectivity index (χ0) is 12.8. The first-order chi connectivity index (χ1) is 8.04. The van der Waals surface area contributed by atoms with Crippen molar-refractivity contribution in [2.45, 2.75) is 20.3 Å². The molecule has 92 valence electrons. The molecule has 0 aliphatic carbocycles. The number of carbonyl (C=O) groups excluding carboxylic acids is 1. The summed E-state index contributed by atoms with van der Waals surface area (Å²) in [5.74, 6) is -1.16. The summed E-state index contributed by atoms with van der Waals surface area (Å²) in [5, 5.41) is 11.9. The smallest absolute Gasteiger partial charge is 0.308 e. The van der Waals surface area contributed by atoms with Crippen molar-refractivity contribution in [3.63, 3.8) is 0 Å². The number of Topliss-reactive ketones (excluding diaryl/α,β-unsaturated/α-hetero) is 1. The highest BCUT2D eigenvalue weighted by Gasteiger charge is 2.14. The lowest BCUT2D eigenvalue weighted by Crippen LogP contribution is -2.22. The molecule has 2 N–H and O–H groups in total. The minimum Gasteiger partial charge on any atom is -0.481 e. The van der Waals surface area contributed by atoms with Gasteiger partial charge in [0, 0.05) is 17.8 Å². The number of carboxylic acids is 1. The Morgan fingerprint density at radius 2 is 1.88 bits per heavy atom. The molecular formula is C13H17NO3. The molecule has 1 aromatic carbocycles. The number of carbonyl (C=O) groups is 2. The molecule has 0 aliphatic heterocycles. The number of anilines is 1. The summed E-state index contributed by atoms with van der Waals surface area (Å²) in [4.78, 5) is 21.9. The highest BCUT2D eigenvalue weighted by atomic mass is 16.4. The van der Waals surface area contributed by atoms with Crippen LogP contribution in [0.5, 0.6) is 0 Å². The lowest BCUT2D eigenvalue weighted by molar-refractivity contribution is -0.141. The molecule has 0 bridgehead atoms. The maximum atomic E-state index is 11.1. The van der Waals surface area contributed by atoms with Gasteiger partial charge >= 0.3 is 5.97 Å². The number of ketones is 1. The van der Waals surface area contributed by atoms with Crippen LogP contribution in [0.3, 0.4) is 0 Å². The van der Waals surface area contributed by atoms with Crippen LogP contribution < -0.4 is 5.32 Å². The molecule has 0 aliphatic rings. The summed E-state index contributed by atoms with van der Waals surface area (Å²) >= 11 is 0. The minimum atomic E-state index is -0.791. The Kier molecular flexibility index (Phi) is 4.69. The fourth-order valence-corrected chi connectivity index (χ4v) is 1.47. The van der Waals surface area contributed by atoms with Crippen LogP contribution in [0, 0.1) is 5.92 Å². The van der Waals surface area contributed by atoms with Gasteiger partial charge < -0.3 is 10.4 Å². The summed E-state index contributed by atoms with van der Waals surface area (Å²) in [6, 6.07) is 7.02. The first-order valence-electron chi connectivity index (χ1n) is 5.62. The minimum absolute atomic E-state index is 0.0218. The van der Waals surface area contributed by atoms with Gasteiger partial charge in [0.15, 0.2) is 5.78 Å². The number of benzene rings is 1. The highest BCUT2D eigenvalue weighted by Crippen LogP contribution is 2.11. The number of carboxylic acid groups (broad SMARTS) is 1. The van der Waals surface area contributed by atoms with Gasteiger partial charge in [-0.15, -0.1) is 0 Å². The Bertz CT molecular complexity index is 398. The predicted octanol–water partition coefficient (Wildman–Crippen LogP) is 2.41. The number of aliphatic carboxylic acids is 1. The summed E-state index contributed by atoms with van der Waals surface area (Å²) in [5.41, 5.74) is 1.48. The normalized spacial score (nSPS) is 11.9. The topological polar surface area (TPSA) is 66.4 Å². The second kappa shape index (κ2) is 6.03. The molecule has 17 heavy (non-hydrogen) atoms. The van der Waals surface area contributed by atoms with E-state index in [-0.39, 0.29) is 11.7 Å². The molecule has 1 rings (SSSR count). The van der Waals surface area contributed by atoms with Gasteiger partial charge in [-0.1, -0.05) is 6.92 Å². The van der Waals surface area contributed by atoms with E-state index in [0.29, 0.717) is 18.5 Å². The fraction of sp³-hybridized carbons (Fsp3) is 0.385. The average molecular weight is 235 g/mol. The van der Waals surface area contributed by atoms with Gasteiger partial charge in [-0.05, 0) is 37.6 Å². The van der Waals surface area contributed by atoms with Crippen molar-refractivity contribution in [3.8, 4) is 0 Å². The molecule has 0 radical (unpaired) electrons. The third-order valence-electron chi connectivity index (χ3n) is 2.69. The third-order valence-corrected chi connectivity index (χ3v) is 2.69. The Morgan fingerprint density at radius 3 is 2.29 bits per heavy atom. The maximum Gasteiger partial charge on any atom is 0.308 e. The van der Waals surface area contributed by atoms with Crippen LogP contribution >= 0.6 is 0 Å². The standard InChI is InChI=1S/C13H17NO3/c1-3-10(13(16)17)8-14-12-6-4-11(5-7-12)9(2)15/h4-7,10,14H,3,8H2,1-2H3,(H,16,17). The largest absolute Gasteiger partial charge is 0.481 e. The van der Waals surface area contributed by atoms with Crippen LogP contribution in [-0.4, -0.2) is 23.4 Å². The van der Waals surface area contributed by atoms with Gasteiger partial charge in [0.05, 0.1) is 5.92 Å². The molecule has 0 saturated heterocycles. The second-order valence-corrected chi connectivity index (χ2v) is 3.96. The molecule has 1 unspecified atom stereocenters. The van der Waals surface area contributed by atoms with Gasteiger partial charge in [-0.25, -0.2) is 0 Å². The van der Waals surface area contributed by atoms with Crippen molar-refractivity contribution >= 4 is 17.4 Å². The fourth-order valence-electron chi connectivity index (χ4n) is 1.47. The predicted molar refractivity (Wildman–Crippen MR) is 66.4 cm³/mol. The number of nitrogens with one attached hydrogen (secondary N) is 1. The molecule has 0 fully saturated rings. The van der Waals surface area contributed by atoms with Crippen LogP contribution in [0.4, 0.5) is 5.69 Å². The van der Waals surface area contributed by atoms with Gasteiger partial charge in [-0.2, -0.15) is 0 Å². The molecule has 0 heterocycles. The molecule has 0 amide bonds. The molecule has 1 atom stereocenters. The van der Waals surface area contributed by atoms with E-state index in [2.05, 4.69) is 5.32 Å². The monoisotopic (exact) mass is 235 g/mol. The van der Waals surface area contributed by atoms with Crippen molar-refractivity contribution < 1.29 is 14.7 Å². The van der Waals surface area contributed by atoms with E-state index in [4.69, 9.17) is 5.11 Å². The molecular weight excluding hydrogens is 218 g/mol. The maximum absolute atomic E-state index is 11.1. The van der Waals surface area contributed by atoms with E-state index in [1.165, 1.54) is 6.92 Å². The van der Waals surface area contributed by atoms with Crippen LogP contribution in [0.1, 0.15) is 30.6 Å². The highest BCUT2D eigenvalue weighted by molar-refractivity contribution is 5.94. The number of rotatable bonds is 6. The lowest BCUT2D eigenvalue weighted by atomic mass is 10.1. The van der Waals surface area contributed by atoms with E-state index < -0.39 is 5.97 Å². The molecule has 1 aromatic rings. The average Bonchev–Trinajstić information content (AvgIpc) is 2.30. The van der Waals surface area contributed by atoms with Gasteiger partial charge in [0.2, 0.25) is 0 Å². The third kappa shape index (κ3) is 3.90. The van der Waals surface area contributed by atoms with E-state index in [9.17, 15) is 9.59 Å². The summed E-state index contributed by atoms with van der Waals surface area (Å²) in [6.07, 6.45) is 0.591. The van der Waals surface area contributed by atoms with Gasteiger partial charge in [0.25, 0.3) is 0 Å². The Morgan fingerprint density at radius 1 is 1.29 bits per heavy atom. The molecule has 0 aromatic heterocycles. The zero-order valence-corrected chi connectivity index (χ0v) is 10.1. The second-order valence-electron chi connectivity index (χ2n) is 3.96. The van der Waals surface area contributed by atoms with E-state index in [1.54, 1.807) is 24.3 Å². The Labute approximate surface area is 101 Å². The van der Waals surface area contributed by atoms with Crippen molar-refractivity contribution in [1.29, 1.82) is 0 Å². The summed E-state index contributed by atoms with van der Waals surface area (Å²) in [6.45, 7) is 3.75. The van der Waals surface area contributed by atoms with Crippen molar-refractivity contribution in [3.05, 3.63) is 29.8 Å². The molecule has 4 heteroatoms. The Balaban J connectivity index is 2.58. The van der Waals surface area contributed by atoms with Crippen LogP contribution in [0.15, 0.2) is 24.3 Å². The van der Waals surface area contributed by atoms with E-state index >= 15 is 0 Å². The lowest BCUT2D eigenvalue weighted by Gasteiger charge is -2.12. The summed E-state index contributed by atoms with van der Waals surface area (Å²) < 4.78 is 0. The van der Waals surface area contributed by atoms with E-state index in [0.717, 1.165) is 5.69 Å². The summed E-state index contributed by atoms with van der Waals surface area (Å²) in [7, 11) is 0. The molecule has 4 nitrogen and oxygen atoms in total. The van der Waals surface area contributed by atoms with Crippen LogP contribution in [-0.2, 0) is 4.79 Å². The van der Waals surface area contributed by atoms with Crippen molar-refractivity contribution in [2.75, 3.05) is 11.9 Å². The van der Waals surface area contributed by atoms with Crippen molar-refractivity contribution in [2.24, 2.45) is 5.92 Å². The first kappa shape index (κ1) is 13.2. The van der Waals surface area contributed by atoms with Gasteiger partial charge in [0.1, 0.15) is 0 Å². The van der Waals surface area contributed by atoms with Crippen LogP contribution in [0.2, 0.25) is 0 Å². The Hall–Kier alpha value is -1.84.